The Morgan fingerprint density at radius 3 is 2.63 bits per heavy atom. The molecule has 0 fully saturated rings. The van der Waals surface area contributed by atoms with Crippen molar-refractivity contribution < 1.29 is 13.2 Å². The third kappa shape index (κ3) is 4.50. The minimum Gasteiger partial charge on any atom is -0.389 e. The average molecular weight is 322 g/mol. The van der Waals surface area contributed by atoms with E-state index in [0.717, 1.165) is 11.3 Å². The van der Waals surface area contributed by atoms with Crippen LogP contribution < -0.4 is 5.73 Å². The number of thiophene rings is 1. The number of hydrogen-bond donors (Lipinski definition) is 1. The van der Waals surface area contributed by atoms with E-state index in [-0.39, 0.29) is 15.3 Å². The molecule has 1 aromatic rings. The lowest BCUT2D eigenvalue weighted by atomic mass is 10.5. The van der Waals surface area contributed by atoms with Gasteiger partial charge in [0.05, 0.1) is 17.6 Å². The zero-order chi connectivity index (χ0) is 14.6. The topological polar surface area (TPSA) is 72.6 Å². The first-order valence-corrected chi connectivity index (χ1v) is 8.39. The van der Waals surface area contributed by atoms with Crippen molar-refractivity contribution in [1.29, 1.82) is 0 Å². The molecule has 0 bridgehead atoms. The maximum absolute atomic E-state index is 12.2. The molecule has 0 aromatic carbocycles. The van der Waals surface area contributed by atoms with Crippen molar-refractivity contribution in [3.63, 3.8) is 0 Å². The molecule has 19 heavy (non-hydrogen) atoms. The van der Waals surface area contributed by atoms with Gasteiger partial charge in [-0.3, -0.25) is 0 Å². The quantitative estimate of drug-likeness (QED) is 0.769. The van der Waals surface area contributed by atoms with Crippen molar-refractivity contribution in [3.8, 4) is 0 Å². The van der Waals surface area contributed by atoms with E-state index >= 15 is 0 Å². The zero-order valence-corrected chi connectivity index (χ0v) is 13.6. The molecule has 1 rings (SSSR count). The lowest BCUT2D eigenvalue weighted by Crippen LogP contribution is -2.30. The van der Waals surface area contributed by atoms with Gasteiger partial charge in [0, 0.05) is 13.6 Å². The summed E-state index contributed by atoms with van der Waals surface area (Å²) in [6, 6.07) is 3.15. The molecule has 1 heterocycles. The largest absolute Gasteiger partial charge is 0.389 e. The molecular formula is C11H18N2O3S3. The van der Waals surface area contributed by atoms with Gasteiger partial charge in [0.1, 0.15) is 9.20 Å². The van der Waals surface area contributed by atoms with Crippen molar-refractivity contribution in [2.45, 2.75) is 24.2 Å². The average Bonchev–Trinajstić information content (AvgIpc) is 2.78. The van der Waals surface area contributed by atoms with Crippen LogP contribution in [-0.2, 0) is 14.8 Å². The number of nitrogens with two attached hydrogens (primary N) is 1. The fourth-order valence-corrected chi connectivity index (χ4v) is 4.00. The highest BCUT2D eigenvalue weighted by Crippen LogP contribution is 2.24. The Morgan fingerprint density at radius 1 is 1.53 bits per heavy atom. The summed E-state index contributed by atoms with van der Waals surface area (Å²) in [6.45, 7) is 4.48. The molecule has 0 radical (unpaired) electrons. The second kappa shape index (κ2) is 6.76. The third-order valence-electron chi connectivity index (χ3n) is 2.35. The third-order valence-corrected chi connectivity index (χ3v) is 6.14. The van der Waals surface area contributed by atoms with Gasteiger partial charge in [-0.05, 0) is 26.0 Å². The van der Waals surface area contributed by atoms with Crippen molar-refractivity contribution in [1.82, 2.24) is 4.31 Å². The standard InChI is InChI=1S/C11H18N2O3S3/c1-8(2)16-7-6-13(3)19(14,15)10-5-4-9(18-10)11(12)17/h4-5,8H,6-7H2,1-3H3,(H2,12,17). The maximum Gasteiger partial charge on any atom is 0.252 e. The first kappa shape index (κ1) is 16.5. The summed E-state index contributed by atoms with van der Waals surface area (Å²) in [5, 5.41) is 0. The Labute approximate surface area is 123 Å². The highest BCUT2D eigenvalue weighted by atomic mass is 32.2. The van der Waals surface area contributed by atoms with Crippen LogP contribution in [0.15, 0.2) is 16.3 Å². The number of thiocarbonyl (C=S) groups is 1. The van der Waals surface area contributed by atoms with Crippen LogP contribution in [-0.4, -0.2) is 44.0 Å². The van der Waals surface area contributed by atoms with Crippen LogP contribution >= 0.6 is 23.6 Å². The molecule has 5 nitrogen and oxygen atoms in total. The summed E-state index contributed by atoms with van der Waals surface area (Å²) in [7, 11) is -1.97. The fourth-order valence-electron chi connectivity index (χ4n) is 1.28. The van der Waals surface area contributed by atoms with Gasteiger partial charge in [0.25, 0.3) is 10.0 Å². The number of hydrogen-bond acceptors (Lipinski definition) is 5. The van der Waals surface area contributed by atoms with Gasteiger partial charge in [-0.1, -0.05) is 12.2 Å². The van der Waals surface area contributed by atoms with Gasteiger partial charge in [0.2, 0.25) is 0 Å². The molecule has 0 saturated carbocycles. The molecule has 0 aliphatic heterocycles. The summed E-state index contributed by atoms with van der Waals surface area (Å²) >= 11 is 5.90. The van der Waals surface area contributed by atoms with Crippen LogP contribution in [0.2, 0.25) is 0 Å². The van der Waals surface area contributed by atoms with Crippen LogP contribution in [0.4, 0.5) is 0 Å². The lowest BCUT2D eigenvalue weighted by molar-refractivity contribution is 0.0737. The zero-order valence-electron chi connectivity index (χ0n) is 11.1. The van der Waals surface area contributed by atoms with Gasteiger partial charge in [-0.2, -0.15) is 4.31 Å². The second-order valence-corrected chi connectivity index (χ2v) is 8.02. The summed E-state index contributed by atoms with van der Waals surface area (Å²) in [5.74, 6) is 0. The van der Waals surface area contributed by atoms with E-state index in [2.05, 4.69) is 0 Å². The van der Waals surface area contributed by atoms with E-state index in [0.29, 0.717) is 18.0 Å². The molecule has 0 atom stereocenters. The summed E-state index contributed by atoms with van der Waals surface area (Å²) in [5.41, 5.74) is 5.47. The molecule has 0 unspecified atom stereocenters. The highest BCUT2D eigenvalue weighted by molar-refractivity contribution is 7.91. The molecule has 0 aliphatic rings. The number of nitrogens with zero attached hydrogens (tertiary/aromatic N) is 1. The molecule has 1 aromatic heterocycles. The van der Waals surface area contributed by atoms with Crippen LogP contribution in [0.1, 0.15) is 18.7 Å². The van der Waals surface area contributed by atoms with Crippen LogP contribution in [0.3, 0.4) is 0 Å². The minimum absolute atomic E-state index is 0.0825. The molecule has 0 aliphatic carbocycles. The highest BCUT2D eigenvalue weighted by Gasteiger charge is 2.23. The maximum atomic E-state index is 12.2. The van der Waals surface area contributed by atoms with Crippen molar-refractivity contribution in [2.75, 3.05) is 20.2 Å². The van der Waals surface area contributed by atoms with E-state index in [4.69, 9.17) is 22.7 Å². The van der Waals surface area contributed by atoms with E-state index in [9.17, 15) is 8.42 Å². The first-order chi connectivity index (χ1) is 8.75. The Balaban J connectivity index is 2.75. The fraction of sp³-hybridized carbons (Fsp3) is 0.545. The lowest BCUT2D eigenvalue weighted by Gasteiger charge is -2.16. The van der Waals surface area contributed by atoms with Gasteiger partial charge in [-0.15, -0.1) is 11.3 Å². The van der Waals surface area contributed by atoms with Crippen LogP contribution in [0.25, 0.3) is 0 Å². The molecule has 2 N–H and O–H groups in total. The predicted octanol–water partition coefficient (Wildman–Crippen LogP) is 1.43. The molecule has 0 saturated heterocycles. The number of sulfonamides is 1. The van der Waals surface area contributed by atoms with Crippen molar-refractivity contribution >= 4 is 38.6 Å². The van der Waals surface area contributed by atoms with Gasteiger partial charge in [-0.25, -0.2) is 8.42 Å². The number of rotatable bonds is 7. The van der Waals surface area contributed by atoms with Crippen LogP contribution in [0, 0.1) is 0 Å². The molecular weight excluding hydrogens is 304 g/mol. The predicted molar refractivity (Wildman–Crippen MR) is 81.1 cm³/mol. The number of likely N-dealkylation sites (N-methyl/N-ethyl adjacent to an activating group) is 1. The first-order valence-electron chi connectivity index (χ1n) is 5.72. The molecule has 8 heteroatoms. The molecule has 0 spiro atoms. The Bertz CT molecular complexity index is 537. The minimum atomic E-state index is -3.49. The number of ether oxygens (including phenoxy) is 1. The van der Waals surface area contributed by atoms with Gasteiger partial charge in [0.15, 0.2) is 0 Å². The SMILES string of the molecule is CC(C)OCCN(C)S(=O)(=O)c1ccc(C(N)=S)s1. The van der Waals surface area contributed by atoms with Crippen molar-refractivity contribution in [3.05, 3.63) is 17.0 Å². The van der Waals surface area contributed by atoms with Gasteiger partial charge < -0.3 is 10.5 Å². The smallest absolute Gasteiger partial charge is 0.252 e. The Kier molecular flexibility index (Phi) is 5.87. The summed E-state index contributed by atoms with van der Waals surface area (Å²) in [4.78, 5) is 0.803. The van der Waals surface area contributed by atoms with Crippen LogP contribution in [0.5, 0.6) is 0 Å². The Hall–Kier alpha value is -0.540. The summed E-state index contributed by atoms with van der Waals surface area (Å²) in [6.07, 6.45) is 0.0825. The molecule has 108 valence electrons. The van der Waals surface area contributed by atoms with Crippen molar-refractivity contribution in [2.24, 2.45) is 5.73 Å². The van der Waals surface area contributed by atoms with E-state index < -0.39 is 10.0 Å². The van der Waals surface area contributed by atoms with E-state index in [1.807, 2.05) is 13.8 Å². The monoisotopic (exact) mass is 322 g/mol. The Morgan fingerprint density at radius 2 is 2.16 bits per heavy atom. The summed E-state index contributed by atoms with van der Waals surface area (Å²) < 4.78 is 31.3. The normalized spacial score (nSPS) is 12.3. The molecule has 0 amide bonds. The van der Waals surface area contributed by atoms with Gasteiger partial charge >= 0.3 is 0 Å². The van der Waals surface area contributed by atoms with E-state index in [1.165, 1.54) is 17.4 Å². The van der Waals surface area contributed by atoms with E-state index in [1.54, 1.807) is 6.07 Å². The second-order valence-electron chi connectivity index (χ2n) is 4.23.